The van der Waals surface area contributed by atoms with E-state index in [1.807, 2.05) is 19.1 Å². The van der Waals surface area contributed by atoms with Gasteiger partial charge in [0.1, 0.15) is 5.78 Å². The normalized spacial score (nSPS) is 27.4. The fourth-order valence-corrected chi connectivity index (χ4v) is 1.51. The second-order valence-electron chi connectivity index (χ2n) is 3.95. The van der Waals surface area contributed by atoms with Crippen molar-refractivity contribution in [1.82, 2.24) is 0 Å². The Bertz CT molecular complexity index is 256. The van der Waals surface area contributed by atoms with Crippen molar-refractivity contribution in [3.05, 3.63) is 12.2 Å². The molecule has 0 bridgehead atoms. The zero-order chi connectivity index (χ0) is 11.1. The smallest absolute Gasteiger partial charge is 0.306 e. The third-order valence-corrected chi connectivity index (χ3v) is 2.43. The largest absolute Gasteiger partial charge is 0.463 e. The minimum absolute atomic E-state index is 0.134. The molecule has 0 spiro atoms. The van der Waals surface area contributed by atoms with Crippen LogP contribution in [0.15, 0.2) is 12.2 Å². The fraction of sp³-hybridized carbons (Fsp3) is 0.667. The minimum atomic E-state index is -0.149. The van der Waals surface area contributed by atoms with E-state index in [1.54, 1.807) is 0 Å². The van der Waals surface area contributed by atoms with Crippen molar-refractivity contribution < 1.29 is 14.3 Å². The Labute approximate surface area is 90.5 Å². The maximum Gasteiger partial charge on any atom is 0.306 e. The van der Waals surface area contributed by atoms with Gasteiger partial charge in [-0.3, -0.25) is 9.59 Å². The standard InChI is InChI=1S/C12H18O3/c1-10-8-9-11(13)6-4-2-3-5-7-12(14)15-10/h2,4,10H,3,5-9H2,1H3/b4-2-. The Morgan fingerprint density at radius 3 is 2.87 bits per heavy atom. The van der Waals surface area contributed by atoms with E-state index in [4.69, 9.17) is 4.74 Å². The molecule has 0 fully saturated rings. The van der Waals surface area contributed by atoms with Gasteiger partial charge >= 0.3 is 5.97 Å². The number of esters is 1. The van der Waals surface area contributed by atoms with Gasteiger partial charge in [0, 0.05) is 19.3 Å². The van der Waals surface area contributed by atoms with E-state index in [0.717, 1.165) is 12.8 Å². The molecule has 0 N–H and O–H groups in total. The van der Waals surface area contributed by atoms with Gasteiger partial charge < -0.3 is 4.74 Å². The van der Waals surface area contributed by atoms with Crippen molar-refractivity contribution in [2.45, 2.75) is 51.6 Å². The molecule has 0 aromatic carbocycles. The first-order valence-corrected chi connectivity index (χ1v) is 5.54. The van der Waals surface area contributed by atoms with Crippen LogP contribution in [0.2, 0.25) is 0 Å². The fourth-order valence-electron chi connectivity index (χ4n) is 1.51. The van der Waals surface area contributed by atoms with Crippen LogP contribution < -0.4 is 0 Å². The van der Waals surface area contributed by atoms with Crippen LogP contribution in [0, 0.1) is 0 Å². The van der Waals surface area contributed by atoms with Gasteiger partial charge in [-0.1, -0.05) is 12.2 Å². The maximum absolute atomic E-state index is 11.3. The van der Waals surface area contributed by atoms with Crippen LogP contribution in [0.5, 0.6) is 0 Å². The molecule has 0 aliphatic carbocycles. The number of Topliss-reactive ketones (excluding diaryl/α,β-unsaturated/α-hetero) is 1. The summed E-state index contributed by atoms with van der Waals surface area (Å²) in [6.07, 6.45) is 7.51. The lowest BCUT2D eigenvalue weighted by Crippen LogP contribution is -2.16. The van der Waals surface area contributed by atoms with Gasteiger partial charge in [0.05, 0.1) is 6.10 Å². The number of hydrogen-bond donors (Lipinski definition) is 0. The SMILES string of the molecule is CC1CCC(=O)C/C=C\CCCC(=O)O1. The van der Waals surface area contributed by atoms with Crippen molar-refractivity contribution in [1.29, 1.82) is 0 Å². The Hall–Kier alpha value is -1.12. The van der Waals surface area contributed by atoms with Crippen LogP contribution in [-0.2, 0) is 14.3 Å². The molecule has 0 aromatic rings. The van der Waals surface area contributed by atoms with E-state index in [2.05, 4.69) is 0 Å². The summed E-state index contributed by atoms with van der Waals surface area (Å²) >= 11 is 0. The third-order valence-electron chi connectivity index (χ3n) is 2.43. The highest BCUT2D eigenvalue weighted by molar-refractivity contribution is 5.79. The topological polar surface area (TPSA) is 43.4 Å². The summed E-state index contributed by atoms with van der Waals surface area (Å²) in [7, 11) is 0. The molecular weight excluding hydrogens is 192 g/mol. The van der Waals surface area contributed by atoms with Gasteiger partial charge in [-0.05, 0) is 26.2 Å². The quantitative estimate of drug-likeness (QED) is 0.455. The summed E-state index contributed by atoms with van der Waals surface area (Å²) < 4.78 is 5.16. The third kappa shape index (κ3) is 5.35. The van der Waals surface area contributed by atoms with Crippen molar-refractivity contribution in [2.75, 3.05) is 0 Å². The molecular formula is C12H18O3. The van der Waals surface area contributed by atoms with Crippen LogP contribution in [0.4, 0.5) is 0 Å². The lowest BCUT2D eigenvalue weighted by atomic mass is 10.1. The Morgan fingerprint density at radius 2 is 2.07 bits per heavy atom. The van der Waals surface area contributed by atoms with Crippen molar-refractivity contribution >= 4 is 11.8 Å². The predicted octanol–water partition coefficient (Wildman–Crippen LogP) is 2.40. The van der Waals surface area contributed by atoms with Crippen molar-refractivity contribution in [3.63, 3.8) is 0 Å². The first-order chi connectivity index (χ1) is 7.18. The minimum Gasteiger partial charge on any atom is -0.463 e. The molecule has 1 rings (SSSR count). The molecule has 0 aromatic heterocycles. The summed E-state index contributed by atoms with van der Waals surface area (Å²) in [6.45, 7) is 1.84. The second kappa shape index (κ2) is 6.38. The maximum atomic E-state index is 11.3. The number of rotatable bonds is 0. The van der Waals surface area contributed by atoms with Gasteiger partial charge in [0.15, 0.2) is 0 Å². The molecule has 3 heteroatoms. The van der Waals surface area contributed by atoms with E-state index < -0.39 is 0 Å². The van der Waals surface area contributed by atoms with Crippen LogP contribution in [0.1, 0.15) is 45.4 Å². The molecule has 1 aliphatic rings. The molecule has 3 nitrogen and oxygen atoms in total. The van der Waals surface area contributed by atoms with Crippen molar-refractivity contribution in [2.24, 2.45) is 0 Å². The number of ether oxygens (including phenoxy) is 1. The molecule has 0 saturated carbocycles. The first kappa shape index (κ1) is 12.0. The number of allylic oxidation sites excluding steroid dienone is 2. The number of hydrogen-bond acceptors (Lipinski definition) is 3. The van der Waals surface area contributed by atoms with Crippen LogP contribution in [0.25, 0.3) is 0 Å². The lowest BCUT2D eigenvalue weighted by molar-refractivity contribution is -0.149. The average Bonchev–Trinajstić information content (AvgIpc) is 2.18. The highest BCUT2D eigenvalue weighted by Crippen LogP contribution is 2.09. The number of carbonyl (C=O) groups excluding carboxylic acids is 2. The van der Waals surface area contributed by atoms with Gasteiger partial charge in [-0.2, -0.15) is 0 Å². The molecule has 1 unspecified atom stereocenters. The van der Waals surface area contributed by atoms with Crippen LogP contribution in [0.3, 0.4) is 0 Å². The lowest BCUT2D eigenvalue weighted by Gasteiger charge is -2.12. The van der Waals surface area contributed by atoms with Gasteiger partial charge in [-0.25, -0.2) is 0 Å². The molecule has 0 radical (unpaired) electrons. The predicted molar refractivity (Wildman–Crippen MR) is 57.4 cm³/mol. The second-order valence-corrected chi connectivity index (χ2v) is 3.95. The summed E-state index contributed by atoms with van der Waals surface area (Å²) in [5, 5.41) is 0. The summed E-state index contributed by atoms with van der Waals surface area (Å²) in [4.78, 5) is 22.6. The highest BCUT2D eigenvalue weighted by atomic mass is 16.5. The highest BCUT2D eigenvalue weighted by Gasteiger charge is 2.11. The average molecular weight is 210 g/mol. The van der Waals surface area contributed by atoms with Gasteiger partial charge in [-0.15, -0.1) is 0 Å². The Balaban J connectivity index is 2.48. The molecule has 0 amide bonds. The first-order valence-electron chi connectivity index (χ1n) is 5.54. The zero-order valence-corrected chi connectivity index (χ0v) is 9.20. The van der Waals surface area contributed by atoms with E-state index in [9.17, 15) is 9.59 Å². The molecule has 84 valence electrons. The van der Waals surface area contributed by atoms with Gasteiger partial charge in [0.2, 0.25) is 0 Å². The molecule has 1 atom stereocenters. The van der Waals surface area contributed by atoms with E-state index >= 15 is 0 Å². The molecule has 1 heterocycles. The van der Waals surface area contributed by atoms with Crippen LogP contribution in [-0.4, -0.2) is 17.9 Å². The molecule has 15 heavy (non-hydrogen) atoms. The monoisotopic (exact) mass is 210 g/mol. The number of carbonyl (C=O) groups is 2. The van der Waals surface area contributed by atoms with Crippen LogP contribution >= 0.6 is 0 Å². The number of cyclic esters (lactones) is 1. The van der Waals surface area contributed by atoms with Gasteiger partial charge in [0.25, 0.3) is 0 Å². The van der Waals surface area contributed by atoms with Crippen molar-refractivity contribution in [3.8, 4) is 0 Å². The Morgan fingerprint density at radius 1 is 1.27 bits per heavy atom. The zero-order valence-electron chi connectivity index (χ0n) is 9.20. The molecule has 0 saturated heterocycles. The number of ketones is 1. The summed E-state index contributed by atoms with van der Waals surface area (Å²) in [5.41, 5.74) is 0. The molecule has 1 aliphatic heterocycles. The van der Waals surface area contributed by atoms with E-state index in [-0.39, 0.29) is 17.9 Å². The summed E-state index contributed by atoms with van der Waals surface area (Å²) in [6, 6.07) is 0. The Kier molecular flexibility index (Phi) is 5.08. The van der Waals surface area contributed by atoms with E-state index in [0.29, 0.717) is 25.7 Å². The van der Waals surface area contributed by atoms with E-state index in [1.165, 1.54) is 0 Å². The summed E-state index contributed by atoms with van der Waals surface area (Å²) in [5.74, 6) is 0.0682.